The molecule has 0 aliphatic rings. The highest BCUT2D eigenvalue weighted by Crippen LogP contribution is 2.10. The normalized spacial score (nSPS) is 12.4. The molecule has 0 fully saturated rings. The van der Waals surface area contributed by atoms with E-state index in [9.17, 15) is 0 Å². The maximum Gasteiger partial charge on any atom is 0.208 e. The van der Waals surface area contributed by atoms with E-state index in [0.717, 1.165) is 19.0 Å². The van der Waals surface area contributed by atoms with Gasteiger partial charge in [-0.25, -0.2) is 10.8 Å². The Labute approximate surface area is 100 Å². The minimum atomic E-state index is 0.266. The summed E-state index contributed by atoms with van der Waals surface area (Å²) in [5, 5.41) is 0. The minimum Gasteiger partial charge on any atom is -0.342 e. The molecule has 3 N–H and O–H groups in total. The van der Waals surface area contributed by atoms with Crippen LogP contribution in [0.4, 0.5) is 0 Å². The number of hydrogen-bond donors (Lipinski definition) is 2. The molecule has 0 rings (SSSR count). The van der Waals surface area contributed by atoms with Crippen LogP contribution in [0.15, 0.2) is 4.99 Å². The quantitative estimate of drug-likeness (QED) is 0.316. The van der Waals surface area contributed by atoms with Crippen LogP contribution in [0.25, 0.3) is 0 Å². The largest absolute Gasteiger partial charge is 0.342 e. The van der Waals surface area contributed by atoms with Crippen molar-refractivity contribution in [3.8, 4) is 0 Å². The number of nitrogens with zero attached hydrogens (tertiary/aromatic N) is 2. The highest BCUT2D eigenvalue weighted by Gasteiger charge is 2.13. The van der Waals surface area contributed by atoms with Crippen LogP contribution in [0.3, 0.4) is 0 Å². The average Bonchev–Trinajstić information content (AvgIpc) is 2.28. The molecule has 0 aliphatic carbocycles. The zero-order valence-electron chi connectivity index (χ0n) is 11.5. The predicted molar refractivity (Wildman–Crippen MR) is 71.2 cm³/mol. The summed E-state index contributed by atoms with van der Waals surface area (Å²) in [5.74, 6) is 7.06. The first-order valence-electron chi connectivity index (χ1n) is 6.38. The van der Waals surface area contributed by atoms with Gasteiger partial charge in [0, 0.05) is 19.1 Å². The lowest BCUT2D eigenvalue weighted by atomic mass is 10.0. The second kappa shape index (κ2) is 8.39. The molecule has 96 valence electrons. The van der Waals surface area contributed by atoms with Gasteiger partial charge >= 0.3 is 0 Å². The van der Waals surface area contributed by atoms with Crippen molar-refractivity contribution in [2.24, 2.45) is 16.8 Å². The second-order valence-corrected chi connectivity index (χ2v) is 4.41. The maximum atomic E-state index is 5.53. The minimum absolute atomic E-state index is 0.266. The predicted octanol–water partition coefficient (Wildman–Crippen LogP) is 1.97. The van der Waals surface area contributed by atoms with Crippen molar-refractivity contribution in [3.63, 3.8) is 0 Å². The van der Waals surface area contributed by atoms with Gasteiger partial charge in [0.05, 0.1) is 0 Å². The molecule has 0 amide bonds. The van der Waals surface area contributed by atoms with Gasteiger partial charge < -0.3 is 4.90 Å². The fourth-order valence-electron chi connectivity index (χ4n) is 1.68. The fourth-order valence-corrected chi connectivity index (χ4v) is 1.68. The van der Waals surface area contributed by atoms with Gasteiger partial charge in [-0.2, -0.15) is 0 Å². The molecule has 0 saturated carbocycles. The lowest BCUT2D eigenvalue weighted by Gasteiger charge is -2.28. The van der Waals surface area contributed by atoms with E-state index in [1.54, 1.807) is 0 Å². The molecule has 0 heterocycles. The van der Waals surface area contributed by atoms with E-state index in [1.165, 1.54) is 12.8 Å². The zero-order chi connectivity index (χ0) is 12.6. The molecule has 0 unspecified atom stereocenters. The van der Waals surface area contributed by atoms with Crippen molar-refractivity contribution in [1.29, 1.82) is 0 Å². The first kappa shape index (κ1) is 15.2. The third kappa shape index (κ3) is 5.35. The zero-order valence-corrected chi connectivity index (χ0v) is 11.5. The molecule has 0 aromatic heterocycles. The SMILES string of the molecule is CCC(CC)CN(CC)C(=NC(C)C)NN. The van der Waals surface area contributed by atoms with Crippen molar-refractivity contribution < 1.29 is 0 Å². The van der Waals surface area contributed by atoms with Gasteiger partial charge in [0.15, 0.2) is 0 Å². The maximum absolute atomic E-state index is 5.53. The lowest BCUT2D eigenvalue weighted by molar-refractivity contribution is 0.325. The van der Waals surface area contributed by atoms with Gasteiger partial charge in [0.1, 0.15) is 0 Å². The summed E-state index contributed by atoms with van der Waals surface area (Å²) in [5.41, 5.74) is 2.71. The Morgan fingerprint density at radius 2 is 1.81 bits per heavy atom. The van der Waals surface area contributed by atoms with Crippen LogP contribution in [0.2, 0.25) is 0 Å². The van der Waals surface area contributed by atoms with Crippen LogP contribution in [0.1, 0.15) is 47.5 Å². The topological polar surface area (TPSA) is 53.6 Å². The Hall–Kier alpha value is -0.770. The van der Waals surface area contributed by atoms with Crippen LogP contribution in [0.5, 0.6) is 0 Å². The fraction of sp³-hybridized carbons (Fsp3) is 0.917. The molecular formula is C12H28N4. The number of nitrogens with two attached hydrogens (primary N) is 1. The molecule has 0 saturated heterocycles. The van der Waals surface area contributed by atoms with Crippen molar-refractivity contribution in [3.05, 3.63) is 0 Å². The molecular weight excluding hydrogens is 200 g/mol. The van der Waals surface area contributed by atoms with Crippen LogP contribution in [-0.2, 0) is 0 Å². The molecule has 0 aromatic rings. The first-order valence-corrected chi connectivity index (χ1v) is 6.38. The van der Waals surface area contributed by atoms with Crippen LogP contribution < -0.4 is 11.3 Å². The monoisotopic (exact) mass is 228 g/mol. The summed E-state index contributed by atoms with van der Waals surface area (Å²) >= 11 is 0. The molecule has 0 spiro atoms. The number of nitrogens with one attached hydrogen (secondary N) is 1. The summed E-state index contributed by atoms with van der Waals surface area (Å²) in [7, 11) is 0. The summed E-state index contributed by atoms with van der Waals surface area (Å²) in [4.78, 5) is 6.71. The van der Waals surface area contributed by atoms with Crippen LogP contribution >= 0.6 is 0 Å². The Morgan fingerprint density at radius 1 is 1.25 bits per heavy atom. The van der Waals surface area contributed by atoms with E-state index in [-0.39, 0.29) is 6.04 Å². The molecule has 4 nitrogen and oxygen atoms in total. The van der Waals surface area contributed by atoms with Crippen molar-refractivity contribution in [2.45, 2.75) is 53.5 Å². The summed E-state index contributed by atoms with van der Waals surface area (Å²) < 4.78 is 0. The third-order valence-electron chi connectivity index (χ3n) is 2.82. The Kier molecular flexibility index (Phi) is 7.99. The number of hydrazine groups is 1. The third-order valence-corrected chi connectivity index (χ3v) is 2.82. The molecule has 0 aliphatic heterocycles. The Morgan fingerprint density at radius 3 is 2.12 bits per heavy atom. The smallest absolute Gasteiger partial charge is 0.208 e. The van der Waals surface area contributed by atoms with Gasteiger partial charge in [0.25, 0.3) is 0 Å². The summed E-state index contributed by atoms with van der Waals surface area (Å²) in [6.45, 7) is 12.7. The highest BCUT2D eigenvalue weighted by atomic mass is 15.4. The number of hydrogen-bond acceptors (Lipinski definition) is 2. The average molecular weight is 228 g/mol. The van der Waals surface area contributed by atoms with Crippen LogP contribution in [-0.4, -0.2) is 30.0 Å². The first-order chi connectivity index (χ1) is 7.58. The van der Waals surface area contributed by atoms with E-state index in [2.05, 4.69) is 49.9 Å². The molecule has 4 heteroatoms. The summed E-state index contributed by atoms with van der Waals surface area (Å²) in [6.07, 6.45) is 2.40. The molecule has 0 bridgehead atoms. The Bertz CT molecular complexity index is 197. The van der Waals surface area contributed by atoms with Gasteiger partial charge in [-0.1, -0.05) is 26.7 Å². The molecule has 0 atom stereocenters. The molecule has 0 aromatic carbocycles. The van der Waals surface area contributed by atoms with Gasteiger partial charge in [-0.05, 0) is 26.7 Å². The Balaban J connectivity index is 4.55. The van der Waals surface area contributed by atoms with Crippen molar-refractivity contribution >= 4 is 5.96 Å². The number of rotatable bonds is 6. The number of guanidine groups is 1. The molecule has 0 radical (unpaired) electrons. The van der Waals surface area contributed by atoms with Crippen LogP contribution in [0, 0.1) is 5.92 Å². The lowest BCUT2D eigenvalue weighted by Crippen LogP contribution is -2.47. The van der Waals surface area contributed by atoms with Gasteiger partial charge in [0.2, 0.25) is 5.96 Å². The van der Waals surface area contributed by atoms with E-state index in [0.29, 0.717) is 5.92 Å². The number of aliphatic imine (C=N–C) groups is 1. The van der Waals surface area contributed by atoms with Gasteiger partial charge in [-0.15, -0.1) is 0 Å². The molecule has 16 heavy (non-hydrogen) atoms. The van der Waals surface area contributed by atoms with Crippen molar-refractivity contribution in [2.75, 3.05) is 13.1 Å². The van der Waals surface area contributed by atoms with E-state index < -0.39 is 0 Å². The van der Waals surface area contributed by atoms with E-state index in [4.69, 9.17) is 5.84 Å². The van der Waals surface area contributed by atoms with E-state index >= 15 is 0 Å². The summed E-state index contributed by atoms with van der Waals surface area (Å²) in [6, 6.07) is 0.266. The van der Waals surface area contributed by atoms with Gasteiger partial charge in [-0.3, -0.25) is 5.43 Å². The van der Waals surface area contributed by atoms with E-state index in [1.807, 2.05) is 0 Å². The highest BCUT2D eigenvalue weighted by molar-refractivity contribution is 5.79. The van der Waals surface area contributed by atoms with Crippen molar-refractivity contribution in [1.82, 2.24) is 10.3 Å². The second-order valence-electron chi connectivity index (χ2n) is 4.41. The standard InChI is InChI=1S/C12H28N4/c1-6-11(7-2)9-16(8-3)12(15-13)14-10(4)5/h10-11H,6-9,13H2,1-5H3,(H,14,15).